The van der Waals surface area contributed by atoms with Gasteiger partial charge >= 0.3 is 6.36 Å². The van der Waals surface area contributed by atoms with Crippen molar-refractivity contribution in [2.24, 2.45) is 0 Å². The van der Waals surface area contributed by atoms with Gasteiger partial charge in [-0.1, -0.05) is 12.1 Å². The summed E-state index contributed by atoms with van der Waals surface area (Å²) in [7, 11) is -3.98. The van der Waals surface area contributed by atoms with E-state index >= 15 is 0 Å². The molecule has 0 bridgehead atoms. The van der Waals surface area contributed by atoms with Crippen LogP contribution in [0.4, 0.5) is 17.6 Å². The minimum Gasteiger partial charge on any atom is -0.406 e. The lowest BCUT2D eigenvalue weighted by Gasteiger charge is -2.23. The third-order valence-electron chi connectivity index (χ3n) is 5.61. The highest BCUT2D eigenvalue weighted by Crippen LogP contribution is 2.28. The molecule has 0 saturated carbocycles. The molecule has 190 valence electrons. The number of sulfonamides is 1. The van der Waals surface area contributed by atoms with Crippen LogP contribution in [0.3, 0.4) is 0 Å². The SMILES string of the molecule is O=C(NCc1cc(-c2ccc(OC(F)(F)F)cc2)ccn1)[C@@H]1CCCN1S(=O)(=O)c1ccc(F)cc1. The molecule has 1 amide bonds. The second-order valence-electron chi connectivity index (χ2n) is 8.05. The fraction of sp³-hybridized carbons (Fsp3) is 0.250. The number of hydrogen-bond donors (Lipinski definition) is 1. The lowest BCUT2D eigenvalue weighted by Crippen LogP contribution is -2.45. The van der Waals surface area contributed by atoms with Crippen molar-refractivity contribution in [1.82, 2.24) is 14.6 Å². The summed E-state index contributed by atoms with van der Waals surface area (Å²) in [6.45, 7) is 0.183. The molecule has 1 aliphatic rings. The maximum absolute atomic E-state index is 13.2. The van der Waals surface area contributed by atoms with Crippen molar-refractivity contribution in [2.75, 3.05) is 6.54 Å². The molecule has 0 radical (unpaired) electrons. The maximum atomic E-state index is 13.2. The molecule has 36 heavy (non-hydrogen) atoms. The minimum atomic E-state index is -4.78. The number of carbonyl (C=O) groups is 1. The Morgan fingerprint density at radius 2 is 1.75 bits per heavy atom. The van der Waals surface area contributed by atoms with Gasteiger partial charge in [0.15, 0.2) is 0 Å². The van der Waals surface area contributed by atoms with Crippen LogP contribution in [0.5, 0.6) is 5.75 Å². The van der Waals surface area contributed by atoms with E-state index in [4.69, 9.17) is 0 Å². The average Bonchev–Trinajstić information content (AvgIpc) is 3.34. The molecule has 3 aromatic rings. The molecular weight excluding hydrogens is 502 g/mol. The summed E-state index contributed by atoms with van der Waals surface area (Å²) in [5, 5.41) is 2.70. The van der Waals surface area contributed by atoms with E-state index in [1.807, 2.05) is 0 Å². The number of nitrogens with zero attached hydrogens (tertiary/aromatic N) is 2. The number of amides is 1. The Morgan fingerprint density at radius 1 is 1.06 bits per heavy atom. The summed E-state index contributed by atoms with van der Waals surface area (Å²) in [4.78, 5) is 17.0. The van der Waals surface area contributed by atoms with Gasteiger partial charge in [0.25, 0.3) is 0 Å². The van der Waals surface area contributed by atoms with E-state index in [0.717, 1.165) is 28.6 Å². The standard InChI is InChI=1S/C24H21F4N3O4S/c25-18-5-9-21(10-6-18)36(33,34)31-13-1-2-22(31)23(32)30-15-19-14-17(11-12-29-19)16-3-7-20(8-4-16)35-24(26,27)28/h3-12,14,22H,1-2,13,15H2,(H,30,32)/t22-/m0/s1. The normalized spacial score (nSPS) is 16.6. The van der Waals surface area contributed by atoms with Gasteiger partial charge in [-0.25, -0.2) is 12.8 Å². The second kappa shape index (κ2) is 10.2. The van der Waals surface area contributed by atoms with Crippen molar-refractivity contribution < 1.29 is 35.5 Å². The first-order chi connectivity index (χ1) is 17.0. The Labute approximate surface area is 204 Å². The van der Waals surface area contributed by atoms with Crippen molar-refractivity contribution in [3.63, 3.8) is 0 Å². The van der Waals surface area contributed by atoms with Crippen molar-refractivity contribution in [3.05, 3.63) is 78.4 Å². The van der Waals surface area contributed by atoms with Gasteiger partial charge in [-0.05, 0) is 72.5 Å². The van der Waals surface area contributed by atoms with Crippen LogP contribution >= 0.6 is 0 Å². The molecule has 0 aliphatic carbocycles. The van der Waals surface area contributed by atoms with E-state index in [9.17, 15) is 30.8 Å². The quantitative estimate of drug-likeness (QED) is 0.468. The Kier molecular flexibility index (Phi) is 7.27. The van der Waals surface area contributed by atoms with Crippen LogP contribution < -0.4 is 10.1 Å². The van der Waals surface area contributed by atoms with E-state index < -0.39 is 34.2 Å². The fourth-order valence-electron chi connectivity index (χ4n) is 3.93. The number of halogens is 4. The first-order valence-electron chi connectivity index (χ1n) is 10.9. The average molecular weight is 524 g/mol. The number of alkyl halides is 3. The summed E-state index contributed by atoms with van der Waals surface area (Å²) >= 11 is 0. The zero-order valence-corrected chi connectivity index (χ0v) is 19.5. The molecule has 0 unspecified atom stereocenters. The Balaban J connectivity index is 1.42. The van der Waals surface area contributed by atoms with Crippen LogP contribution in [0.1, 0.15) is 18.5 Å². The molecule has 4 rings (SSSR count). The number of benzene rings is 2. The molecule has 1 saturated heterocycles. The molecule has 1 atom stereocenters. The lowest BCUT2D eigenvalue weighted by atomic mass is 10.1. The summed E-state index contributed by atoms with van der Waals surface area (Å²) < 4.78 is 81.2. The summed E-state index contributed by atoms with van der Waals surface area (Å²) in [6.07, 6.45) is -2.44. The first kappa shape index (κ1) is 25.6. The zero-order chi connectivity index (χ0) is 25.9. The summed E-state index contributed by atoms with van der Waals surface area (Å²) in [6, 6.07) is 12.2. The topological polar surface area (TPSA) is 88.6 Å². The van der Waals surface area contributed by atoms with Gasteiger partial charge in [-0.3, -0.25) is 9.78 Å². The summed E-state index contributed by atoms with van der Waals surface area (Å²) in [5.74, 6) is -1.39. The minimum absolute atomic E-state index is 0.0167. The Hall–Kier alpha value is -3.51. The van der Waals surface area contributed by atoms with Crippen LogP contribution in [0.25, 0.3) is 11.1 Å². The van der Waals surface area contributed by atoms with Gasteiger partial charge in [0.05, 0.1) is 17.1 Å². The number of hydrogen-bond acceptors (Lipinski definition) is 5. The first-order valence-corrected chi connectivity index (χ1v) is 12.3. The van der Waals surface area contributed by atoms with Crippen LogP contribution in [0.2, 0.25) is 0 Å². The molecular formula is C24H21F4N3O4S. The third-order valence-corrected chi connectivity index (χ3v) is 7.53. The van der Waals surface area contributed by atoms with Crippen molar-refractivity contribution in [3.8, 4) is 16.9 Å². The number of aromatic nitrogens is 1. The maximum Gasteiger partial charge on any atom is 0.573 e. The number of ether oxygens (including phenoxy) is 1. The van der Waals surface area contributed by atoms with Crippen LogP contribution in [-0.4, -0.2) is 42.6 Å². The lowest BCUT2D eigenvalue weighted by molar-refractivity contribution is -0.274. The van der Waals surface area contributed by atoms with Gasteiger partial charge in [-0.15, -0.1) is 13.2 Å². The van der Waals surface area contributed by atoms with Gasteiger partial charge in [0.1, 0.15) is 17.6 Å². The van der Waals surface area contributed by atoms with E-state index in [0.29, 0.717) is 29.7 Å². The van der Waals surface area contributed by atoms with Gasteiger partial charge in [-0.2, -0.15) is 4.31 Å². The smallest absolute Gasteiger partial charge is 0.406 e. The molecule has 0 spiro atoms. The van der Waals surface area contributed by atoms with Gasteiger partial charge < -0.3 is 10.1 Å². The highest BCUT2D eigenvalue weighted by atomic mass is 32.2. The monoisotopic (exact) mass is 523 g/mol. The molecule has 1 aromatic heterocycles. The van der Waals surface area contributed by atoms with Crippen molar-refractivity contribution >= 4 is 15.9 Å². The number of pyridine rings is 1. The largest absolute Gasteiger partial charge is 0.573 e. The predicted molar refractivity (Wildman–Crippen MR) is 122 cm³/mol. The molecule has 1 N–H and O–H groups in total. The predicted octanol–water partition coefficient (Wildman–Crippen LogP) is 4.26. The second-order valence-corrected chi connectivity index (χ2v) is 9.94. The fourth-order valence-corrected chi connectivity index (χ4v) is 5.59. The van der Waals surface area contributed by atoms with E-state index in [1.165, 1.54) is 30.5 Å². The summed E-state index contributed by atoms with van der Waals surface area (Å²) in [5.41, 5.74) is 1.75. The van der Waals surface area contributed by atoms with Gasteiger partial charge in [0.2, 0.25) is 15.9 Å². The van der Waals surface area contributed by atoms with Crippen molar-refractivity contribution in [1.29, 1.82) is 0 Å². The van der Waals surface area contributed by atoms with Crippen LogP contribution in [0.15, 0.2) is 71.8 Å². The number of carbonyl (C=O) groups excluding carboxylic acids is 1. The van der Waals surface area contributed by atoms with Crippen LogP contribution in [-0.2, 0) is 21.4 Å². The molecule has 7 nitrogen and oxygen atoms in total. The Morgan fingerprint density at radius 3 is 2.42 bits per heavy atom. The van der Waals surface area contributed by atoms with Crippen LogP contribution in [0, 0.1) is 5.82 Å². The molecule has 2 heterocycles. The zero-order valence-electron chi connectivity index (χ0n) is 18.7. The number of nitrogens with one attached hydrogen (secondary N) is 1. The molecule has 12 heteroatoms. The van der Waals surface area contributed by atoms with Crippen molar-refractivity contribution in [2.45, 2.75) is 36.7 Å². The molecule has 1 fully saturated rings. The van der Waals surface area contributed by atoms with E-state index in [2.05, 4.69) is 15.0 Å². The molecule has 1 aliphatic heterocycles. The van der Waals surface area contributed by atoms with E-state index in [-0.39, 0.29) is 23.7 Å². The molecule has 2 aromatic carbocycles. The third kappa shape index (κ3) is 6.00. The highest BCUT2D eigenvalue weighted by molar-refractivity contribution is 7.89. The van der Waals surface area contributed by atoms with E-state index in [1.54, 1.807) is 12.1 Å². The Bertz CT molecular complexity index is 1330. The number of rotatable bonds is 7. The van der Waals surface area contributed by atoms with Gasteiger partial charge in [0, 0.05) is 12.7 Å². The highest BCUT2D eigenvalue weighted by Gasteiger charge is 2.39.